The molecule has 0 aromatic carbocycles. The van der Waals surface area contributed by atoms with E-state index in [4.69, 9.17) is 16.6 Å². The number of aryl methyl sites for hydroxylation is 4. The molecule has 8 heteroatoms. The van der Waals surface area contributed by atoms with Crippen LogP contribution in [0.3, 0.4) is 0 Å². The van der Waals surface area contributed by atoms with Crippen molar-refractivity contribution in [3.63, 3.8) is 0 Å². The predicted molar refractivity (Wildman–Crippen MR) is 80.4 cm³/mol. The van der Waals surface area contributed by atoms with Crippen molar-refractivity contribution in [2.75, 3.05) is 5.88 Å². The lowest BCUT2D eigenvalue weighted by Crippen LogP contribution is -2.12. The molecule has 0 aliphatic heterocycles. The van der Waals surface area contributed by atoms with E-state index >= 15 is 0 Å². The van der Waals surface area contributed by atoms with Gasteiger partial charge < -0.3 is 9.13 Å². The molecule has 21 heavy (non-hydrogen) atoms. The number of rotatable bonds is 5. The summed E-state index contributed by atoms with van der Waals surface area (Å²) < 4.78 is 5.93. The van der Waals surface area contributed by atoms with Gasteiger partial charge in [-0.3, -0.25) is 4.68 Å². The fraction of sp³-hybridized carbons (Fsp3) is 0.538. The Morgan fingerprint density at radius 3 is 2.67 bits per heavy atom. The van der Waals surface area contributed by atoms with E-state index in [1.54, 1.807) is 6.33 Å². The summed E-state index contributed by atoms with van der Waals surface area (Å²) in [5.74, 6) is 2.38. The fourth-order valence-electron chi connectivity index (χ4n) is 2.56. The lowest BCUT2D eigenvalue weighted by molar-refractivity contribution is 0.649. The molecule has 0 N–H and O–H groups in total. The number of fused-ring (bicyclic) bond motifs is 1. The normalized spacial score (nSPS) is 11.6. The number of aromatic nitrogens is 7. The van der Waals surface area contributed by atoms with Crippen molar-refractivity contribution in [2.45, 2.75) is 26.3 Å². The minimum absolute atomic E-state index is 0.539. The van der Waals surface area contributed by atoms with Crippen LogP contribution in [0.2, 0.25) is 0 Å². The third-order valence-corrected chi connectivity index (χ3v) is 3.82. The van der Waals surface area contributed by atoms with Crippen LogP contribution in [0.5, 0.6) is 0 Å². The molecule has 0 atom stereocenters. The molecule has 112 valence electrons. The van der Waals surface area contributed by atoms with Gasteiger partial charge in [-0.25, -0.2) is 4.98 Å². The van der Waals surface area contributed by atoms with Crippen molar-refractivity contribution in [3.05, 3.63) is 23.7 Å². The van der Waals surface area contributed by atoms with Crippen LogP contribution in [0.15, 0.2) is 6.33 Å². The molecule has 0 saturated heterocycles. The number of nitrogens with zero attached hydrogens (tertiary/aromatic N) is 7. The lowest BCUT2D eigenvalue weighted by atomic mass is 10.3. The third kappa shape index (κ3) is 2.31. The zero-order chi connectivity index (χ0) is 15.0. The average molecular weight is 308 g/mol. The molecule has 0 unspecified atom stereocenters. The topological polar surface area (TPSA) is 66.3 Å². The van der Waals surface area contributed by atoms with Crippen LogP contribution in [-0.2, 0) is 33.5 Å². The van der Waals surface area contributed by atoms with Gasteiger partial charge in [0.2, 0.25) is 0 Å². The highest BCUT2D eigenvalue weighted by atomic mass is 35.5. The van der Waals surface area contributed by atoms with Gasteiger partial charge >= 0.3 is 0 Å². The van der Waals surface area contributed by atoms with Crippen molar-refractivity contribution >= 4 is 22.8 Å². The summed E-state index contributed by atoms with van der Waals surface area (Å²) in [6.45, 7) is 2.70. The van der Waals surface area contributed by atoms with Gasteiger partial charge in [0, 0.05) is 26.4 Å². The fourth-order valence-corrected chi connectivity index (χ4v) is 2.73. The summed E-state index contributed by atoms with van der Waals surface area (Å²) in [5, 5.41) is 12.6. The first-order chi connectivity index (χ1) is 10.2. The number of imidazole rings is 1. The Labute approximate surface area is 127 Å². The number of alkyl halides is 1. The molecule has 0 saturated carbocycles. The Morgan fingerprint density at radius 1 is 1.24 bits per heavy atom. The molecule has 0 spiro atoms. The van der Waals surface area contributed by atoms with E-state index in [0.717, 1.165) is 41.3 Å². The first kappa shape index (κ1) is 14.1. The maximum absolute atomic E-state index is 5.92. The van der Waals surface area contributed by atoms with Gasteiger partial charge in [-0.1, -0.05) is 6.92 Å². The molecule has 7 nitrogen and oxygen atoms in total. The van der Waals surface area contributed by atoms with Gasteiger partial charge in [-0.2, -0.15) is 5.10 Å². The van der Waals surface area contributed by atoms with Crippen molar-refractivity contribution in [1.29, 1.82) is 0 Å². The van der Waals surface area contributed by atoms with Crippen LogP contribution in [0.4, 0.5) is 0 Å². The maximum Gasteiger partial charge on any atom is 0.159 e. The van der Waals surface area contributed by atoms with E-state index in [1.165, 1.54) is 0 Å². The second-order valence-electron chi connectivity index (χ2n) is 5.01. The van der Waals surface area contributed by atoms with Gasteiger partial charge in [0.05, 0.1) is 12.2 Å². The minimum atomic E-state index is 0.539. The number of hydrogen-bond acceptors (Lipinski definition) is 4. The SMILES string of the molecule is CCc1nn(C)c2c1nc(CCCl)n2Cc1nncn1C. The van der Waals surface area contributed by atoms with Crippen molar-refractivity contribution < 1.29 is 0 Å². The quantitative estimate of drug-likeness (QED) is 0.666. The molecular formula is C13H18ClN7. The summed E-state index contributed by atoms with van der Waals surface area (Å²) in [6, 6.07) is 0. The lowest BCUT2D eigenvalue weighted by Gasteiger charge is -2.08. The molecule has 0 aliphatic rings. The highest BCUT2D eigenvalue weighted by Crippen LogP contribution is 2.21. The van der Waals surface area contributed by atoms with Crippen LogP contribution in [0.25, 0.3) is 11.2 Å². The number of hydrogen-bond donors (Lipinski definition) is 0. The molecule has 0 aliphatic carbocycles. The van der Waals surface area contributed by atoms with Crippen LogP contribution >= 0.6 is 11.6 Å². The molecule has 3 aromatic rings. The Hall–Kier alpha value is -1.89. The van der Waals surface area contributed by atoms with Gasteiger partial charge in [0.1, 0.15) is 17.7 Å². The van der Waals surface area contributed by atoms with Gasteiger partial charge in [0.15, 0.2) is 11.5 Å². The summed E-state index contributed by atoms with van der Waals surface area (Å²) in [7, 11) is 3.88. The summed E-state index contributed by atoms with van der Waals surface area (Å²) in [5.41, 5.74) is 2.98. The summed E-state index contributed by atoms with van der Waals surface area (Å²) >= 11 is 5.92. The average Bonchev–Trinajstić information content (AvgIpc) is 3.10. The first-order valence-electron chi connectivity index (χ1n) is 6.95. The molecule has 0 bridgehead atoms. The van der Waals surface area contributed by atoms with Crippen LogP contribution < -0.4 is 0 Å². The van der Waals surface area contributed by atoms with Gasteiger partial charge in [-0.15, -0.1) is 21.8 Å². The highest BCUT2D eigenvalue weighted by molar-refractivity contribution is 6.17. The van der Waals surface area contributed by atoms with Gasteiger partial charge in [-0.05, 0) is 6.42 Å². The summed E-state index contributed by atoms with van der Waals surface area (Å²) in [4.78, 5) is 4.74. The molecule has 0 radical (unpaired) electrons. The number of halogens is 1. The van der Waals surface area contributed by atoms with E-state index in [9.17, 15) is 0 Å². The second kappa shape index (κ2) is 5.48. The second-order valence-corrected chi connectivity index (χ2v) is 5.39. The smallest absolute Gasteiger partial charge is 0.159 e. The van der Waals surface area contributed by atoms with E-state index < -0.39 is 0 Å². The highest BCUT2D eigenvalue weighted by Gasteiger charge is 2.19. The minimum Gasteiger partial charge on any atom is -0.319 e. The van der Waals surface area contributed by atoms with E-state index in [0.29, 0.717) is 12.4 Å². The van der Waals surface area contributed by atoms with Gasteiger partial charge in [0.25, 0.3) is 0 Å². The van der Waals surface area contributed by atoms with Crippen molar-refractivity contribution in [2.24, 2.45) is 14.1 Å². The molecular weight excluding hydrogens is 290 g/mol. The van der Waals surface area contributed by atoms with E-state index in [1.807, 2.05) is 23.3 Å². The Morgan fingerprint density at radius 2 is 2.05 bits per heavy atom. The zero-order valence-electron chi connectivity index (χ0n) is 12.4. The molecule has 0 fully saturated rings. The van der Waals surface area contributed by atoms with Crippen molar-refractivity contribution in [1.82, 2.24) is 34.1 Å². The molecule has 3 aromatic heterocycles. The first-order valence-corrected chi connectivity index (χ1v) is 7.49. The zero-order valence-corrected chi connectivity index (χ0v) is 13.2. The largest absolute Gasteiger partial charge is 0.319 e. The Bertz CT molecular complexity index is 767. The summed E-state index contributed by atoms with van der Waals surface area (Å²) in [6.07, 6.45) is 3.28. The molecule has 0 amide bonds. The van der Waals surface area contributed by atoms with Crippen LogP contribution in [-0.4, -0.2) is 40.0 Å². The van der Waals surface area contributed by atoms with E-state index in [2.05, 4.69) is 26.8 Å². The predicted octanol–water partition coefficient (Wildman–Crippen LogP) is 1.29. The van der Waals surface area contributed by atoms with Crippen molar-refractivity contribution in [3.8, 4) is 0 Å². The van der Waals surface area contributed by atoms with Crippen LogP contribution in [0.1, 0.15) is 24.3 Å². The molecule has 3 heterocycles. The standard InChI is InChI=1S/C13H18ClN7/c1-4-9-12-13(20(3)18-9)21(10(16-12)5-6-14)7-11-17-15-8-19(11)2/h8H,4-7H2,1-3H3. The third-order valence-electron chi connectivity index (χ3n) is 3.63. The monoisotopic (exact) mass is 307 g/mol. The molecule has 3 rings (SSSR count). The Balaban J connectivity index is 2.15. The van der Waals surface area contributed by atoms with Crippen LogP contribution in [0, 0.1) is 0 Å². The maximum atomic E-state index is 5.92. The van der Waals surface area contributed by atoms with E-state index in [-0.39, 0.29) is 0 Å². The Kier molecular flexibility index (Phi) is 3.67.